The highest BCUT2D eigenvalue weighted by atomic mass is 16.5. The first-order chi connectivity index (χ1) is 18.9. The fraction of sp³-hybridized carbons (Fsp3) is 0.355. The molecule has 0 N–H and O–H groups in total. The summed E-state index contributed by atoms with van der Waals surface area (Å²) < 4.78 is 16.7. The number of likely N-dealkylation sites (N-methyl/N-ethyl adjacent to an activating group) is 1. The maximum absolute atomic E-state index is 13.7. The summed E-state index contributed by atoms with van der Waals surface area (Å²) in [6.07, 6.45) is 0. The van der Waals surface area contributed by atoms with E-state index in [1.165, 1.54) is 4.90 Å². The van der Waals surface area contributed by atoms with Crippen LogP contribution in [0.25, 0.3) is 11.1 Å². The Morgan fingerprint density at radius 3 is 2.41 bits per heavy atom. The minimum atomic E-state index is -0.257. The summed E-state index contributed by atoms with van der Waals surface area (Å²) in [6.45, 7) is 5.39. The van der Waals surface area contributed by atoms with Gasteiger partial charge in [0, 0.05) is 32.7 Å². The van der Waals surface area contributed by atoms with Gasteiger partial charge in [-0.2, -0.15) is 0 Å². The summed E-state index contributed by atoms with van der Waals surface area (Å²) in [7, 11) is 3.41. The van der Waals surface area contributed by atoms with Crippen molar-refractivity contribution < 1.29 is 23.8 Å². The average molecular weight is 530 g/mol. The fourth-order valence-corrected chi connectivity index (χ4v) is 5.15. The first-order valence-corrected chi connectivity index (χ1v) is 13.3. The number of nitrogens with zero attached hydrogens (tertiary/aromatic N) is 3. The van der Waals surface area contributed by atoms with Gasteiger partial charge in [-0.05, 0) is 35.2 Å². The predicted octanol–water partition coefficient (Wildman–Crippen LogP) is 3.93. The molecule has 2 aliphatic rings. The maximum Gasteiger partial charge on any atom is 0.265 e. The van der Waals surface area contributed by atoms with Crippen molar-refractivity contribution in [2.45, 2.75) is 13.0 Å². The molecule has 0 aromatic heterocycles. The molecule has 3 aromatic carbocycles. The Morgan fingerprint density at radius 1 is 1.03 bits per heavy atom. The van der Waals surface area contributed by atoms with Gasteiger partial charge >= 0.3 is 0 Å². The van der Waals surface area contributed by atoms with Gasteiger partial charge in [-0.3, -0.25) is 19.4 Å². The molecule has 0 saturated carbocycles. The lowest BCUT2D eigenvalue weighted by atomic mass is 9.99. The van der Waals surface area contributed by atoms with E-state index in [0.29, 0.717) is 36.9 Å². The zero-order valence-electron chi connectivity index (χ0n) is 22.8. The summed E-state index contributed by atoms with van der Waals surface area (Å²) in [5, 5.41) is 0. The van der Waals surface area contributed by atoms with Gasteiger partial charge in [0.2, 0.25) is 5.91 Å². The Bertz CT molecular complexity index is 1310. The molecule has 3 aromatic rings. The highest BCUT2D eigenvalue weighted by Gasteiger charge is 2.32. The highest BCUT2D eigenvalue weighted by Crippen LogP contribution is 2.38. The van der Waals surface area contributed by atoms with E-state index in [9.17, 15) is 9.59 Å². The average Bonchev–Trinajstić information content (AvgIpc) is 2.98. The van der Waals surface area contributed by atoms with Gasteiger partial charge in [-0.25, -0.2) is 0 Å². The lowest BCUT2D eigenvalue weighted by Crippen LogP contribution is -2.48. The molecule has 2 aliphatic heterocycles. The SMILES string of the molecule is COc1cc2c(cc1C)OCC(=O)N2CC(=O)N(C)C(CN1CCOCC1)c1ccc(-c2ccccc2)cc1. The molecule has 5 rings (SSSR count). The van der Waals surface area contributed by atoms with Crippen LogP contribution in [0, 0.1) is 6.92 Å². The number of rotatable bonds is 8. The Hall–Kier alpha value is -3.88. The summed E-state index contributed by atoms with van der Waals surface area (Å²) >= 11 is 0. The summed E-state index contributed by atoms with van der Waals surface area (Å²) in [5.41, 5.74) is 4.76. The molecule has 0 spiro atoms. The van der Waals surface area contributed by atoms with Gasteiger partial charge in [0.05, 0.1) is 32.1 Å². The molecule has 1 fully saturated rings. The van der Waals surface area contributed by atoms with Crippen molar-refractivity contribution in [3.63, 3.8) is 0 Å². The molecule has 204 valence electrons. The highest BCUT2D eigenvalue weighted by molar-refractivity contribution is 6.02. The number of amides is 2. The van der Waals surface area contributed by atoms with Crippen molar-refractivity contribution >= 4 is 17.5 Å². The number of anilines is 1. The van der Waals surface area contributed by atoms with E-state index < -0.39 is 0 Å². The number of hydrogen-bond donors (Lipinski definition) is 0. The van der Waals surface area contributed by atoms with Gasteiger partial charge in [-0.15, -0.1) is 0 Å². The molecular formula is C31H35N3O5. The molecule has 1 unspecified atom stereocenters. The van der Waals surface area contributed by atoms with E-state index in [1.807, 2.05) is 38.2 Å². The number of morpholine rings is 1. The number of hydrogen-bond acceptors (Lipinski definition) is 6. The zero-order chi connectivity index (χ0) is 27.4. The lowest BCUT2D eigenvalue weighted by Gasteiger charge is -2.37. The normalized spacial score (nSPS) is 16.3. The van der Waals surface area contributed by atoms with E-state index in [-0.39, 0.29) is 31.0 Å². The lowest BCUT2D eigenvalue weighted by molar-refractivity contribution is -0.133. The summed E-state index contributed by atoms with van der Waals surface area (Å²) in [5.74, 6) is 0.805. The molecule has 1 saturated heterocycles. The van der Waals surface area contributed by atoms with Crippen molar-refractivity contribution in [3.05, 3.63) is 77.9 Å². The minimum absolute atomic E-state index is 0.0837. The third kappa shape index (κ3) is 5.92. The van der Waals surface area contributed by atoms with Crippen molar-refractivity contribution in [1.82, 2.24) is 9.80 Å². The second kappa shape index (κ2) is 11.9. The van der Waals surface area contributed by atoms with Crippen molar-refractivity contribution in [3.8, 4) is 22.6 Å². The molecular weight excluding hydrogens is 494 g/mol. The first-order valence-electron chi connectivity index (χ1n) is 13.3. The van der Waals surface area contributed by atoms with E-state index in [2.05, 4.69) is 41.3 Å². The van der Waals surface area contributed by atoms with E-state index in [0.717, 1.165) is 35.3 Å². The number of carbonyl (C=O) groups is 2. The molecule has 0 bridgehead atoms. The smallest absolute Gasteiger partial charge is 0.265 e. The van der Waals surface area contributed by atoms with E-state index in [1.54, 1.807) is 18.1 Å². The van der Waals surface area contributed by atoms with Crippen LogP contribution >= 0.6 is 0 Å². The molecule has 0 radical (unpaired) electrons. The van der Waals surface area contributed by atoms with Gasteiger partial charge < -0.3 is 19.1 Å². The first kappa shape index (κ1) is 26.7. The van der Waals surface area contributed by atoms with Gasteiger partial charge in [-0.1, -0.05) is 54.6 Å². The van der Waals surface area contributed by atoms with Crippen LogP contribution in [0.15, 0.2) is 66.7 Å². The second-order valence-corrected chi connectivity index (χ2v) is 9.98. The molecule has 1 atom stereocenters. The molecule has 2 heterocycles. The van der Waals surface area contributed by atoms with Crippen molar-refractivity contribution in [1.29, 1.82) is 0 Å². The maximum atomic E-state index is 13.7. The van der Waals surface area contributed by atoms with Crippen LogP contribution in [0.5, 0.6) is 11.5 Å². The van der Waals surface area contributed by atoms with Gasteiger partial charge in [0.1, 0.15) is 18.0 Å². The summed E-state index contributed by atoms with van der Waals surface area (Å²) in [6, 6.07) is 22.1. The van der Waals surface area contributed by atoms with Gasteiger partial charge in [0.25, 0.3) is 5.91 Å². The second-order valence-electron chi connectivity index (χ2n) is 9.98. The van der Waals surface area contributed by atoms with Crippen LogP contribution in [0.1, 0.15) is 17.2 Å². The van der Waals surface area contributed by atoms with Crippen LogP contribution in [-0.4, -0.2) is 81.8 Å². The zero-order valence-corrected chi connectivity index (χ0v) is 22.8. The number of benzene rings is 3. The molecule has 8 nitrogen and oxygen atoms in total. The molecule has 0 aliphatic carbocycles. The Labute approximate surface area is 229 Å². The monoisotopic (exact) mass is 529 g/mol. The quantitative estimate of drug-likeness (QED) is 0.441. The number of methoxy groups -OCH3 is 1. The molecule has 39 heavy (non-hydrogen) atoms. The standard InChI is InChI=1S/C31H35N3O5/c1-22-17-29-26(18-28(22)37-3)34(31(36)21-39-29)20-30(35)32(2)27(19-33-13-15-38-16-14-33)25-11-9-24(10-12-25)23-7-5-4-6-8-23/h4-12,17-18,27H,13-16,19-21H2,1-3H3. The van der Waals surface area contributed by atoms with Crippen molar-refractivity contribution in [2.24, 2.45) is 0 Å². The van der Waals surface area contributed by atoms with Crippen LogP contribution < -0.4 is 14.4 Å². The van der Waals surface area contributed by atoms with Crippen LogP contribution in [-0.2, 0) is 14.3 Å². The molecule has 2 amide bonds. The van der Waals surface area contributed by atoms with E-state index >= 15 is 0 Å². The number of fused-ring (bicyclic) bond motifs is 1. The van der Waals surface area contributed by atoms with Crippen LogP contribution in [0.4, 0.5) is 5.69 Å². The van der Waals surface area contributed by atoms with E-state index in [4.69, 9.17) is 14.2 Å². The third-order valence-corrected chi connectivity index (χ3v) is 7.51. The number of aryl methyl sites for hydroxylation is 1. The van der Waals surface area contributed by atoms with Crippen LogP contribution in [0.2, 0.25) is 0 Å². The third-order valence-electron chi connectivity index (χ3n) is 7.51. The summed E-state index contributed by atoms with van der Waals surface area (Å²) in [4.78, 5) is 32.2. The number of carbonyl (C=O) groups excluding carboxylic acids is 2. The molecule has 8 heteroatoms. The predicted molar refractivity (Wildman–Crippen MR) is 150 cm³/mol. The van der Waals surface area contributed by atoms with Crippen LogP contribution in [0.3, 0.4) is 0 Å². The topological polar surface area (TPSA) is 71.6 Å². The minimum Gasteiger partial charge on any atom is -0.496 e. The van der Waals surface area contributed by atoms with Crippen molar-refractivity contribution in [2.75, 3.05) is 65.1 Å². The van der Waals surface area contributed by atoms with Gasteiger partial charge in [0.15, 0.2) is 6.61 Å². The Kier molecular flexibility index (Phi) is 8.14. The number of ether oxygens (including phenoxy) is 3. The largest absolute Gasteiger partial charge is 0.496 e. The fourth-order valence-electron chi connectivity index (χ4n) is 5.15. The Balaban J connectivity index is 1.40. The Morgan fingerprint density at radius 2 is 1.72 bits per heavy atom.